The van der Waals surface area contributed by atoms with Crippen LogP contribution in [0.15, 0.2) is 6.07 Å². The minimum absolute atomic E-state index is 0.362. The molecule has 0 bridgehead atoms. The Bertz CT molecular complexity index is 453. The molecule has 1 aliphatic carbocycles. The summed E-state index contributed by atoms with van der Waals surface area (Å²) in [5.41, 5.74) is 8.34. The lowest BCUT2D eigenvalue weighted by molar-refractivity contribution is 0.251. The summed E-state index contributed by atoms with van der Waals surface area (Å²) in [6, 6.07) is 1.93. The maximum Gasteiger partial charge on any atom is 0.133 e. The fraction of sp³-hybridized carbons (Fsp3) is 0.571. The van der Waals surface area contributed by atoms with Crippen LogP contribution in [0.3, 0.4) is 0 Å². The average Bonchev–Trinajstić information content (AvgIpc) is 2.77. The van der Waals surface area contributed by atoms with Gasteiger partial charge in [0.15, 0.2) is 0 Å². The molecule has 2 N–H and O–H groups in total. The highest BCUT2D eigenvalue weighted by Crippen LogP contribution is 2.27. The van der Waals surface area contributed by atoms with E-state index in [1.165, 1.54) is 25.7 Å². The number of ether oxygens (including phenoxy) is 1. The van der Waals surface area contributed by atoms with Crippen LogP contribution in [-0.2, 0) is 0 Å². The van der Waals surface area contributed by atoms with Gasteiger partial charge in [0.2, 0.25) is 0 Å². The van der Waals surface area contributed by atoms with Crippen LogP contribution in [0.1, 0.15) is 42.6 Å². The molecule has 0 aromatic carbocycles. The fourth-order valence-electron chi connectivity index (χ4n) is 2.59. The zero-order chi connectivity index (χ0) is 13.1. The summed E-state index contributed by atoms with van der Waals surface area (Å²) < 4.78 is 5.94. The maximum absolute atomic E-state index is 5.94. The van der Waals surface area contributed by atoms with Crippen LogP contribution in [0.4, 0.5) is 0 Å². The van der Waals surface area contributed by atoms with Gasteiger partial charge in [-0.2, -0.15) is 0 Å². The third-order valence-corrected chi connectivity index (χ3v) is 3.69. The van der Waals surface area contributed by atoms with Crippen LogP contribution in [0, 0.1) is 19.8 Å². The second-order valence-corrected chi connectivity index (χ2v) is 5.49. The monoisotopic (exact) mass is 264 g/mol. The van der Waals surface area contributed by atoms with Crippen LogP contribution in [-0.4, -0.2) is 16.6 Å². The standard InChI is InChI=1S/C14H20N2OS/c1-9-7-12(13(14(15)18)10(2)16-9)17-8-11-5-3-4-6-11/h7,11H,3-6,8H2,1-2H3,(H2,15,18). The Balaban J connectivity index is 2.16. The molecule has 2 rings (SSSR count). The minimum Gasteiger partial charge on any atom is -0.492 e. The Hall–Kier alpha value is -1.16. The van der Waals surface area contributed by atoms with E-state index in [9.17, 15) is 0 Å². The number of nitrogens with two attached hydrogens (primary N) is 1. The first-order chi connectivity index (χ1) is 8.58. The van der Waals surface area contributed by atoms with E-state index >= 15 is 0 Å². The summed E-state index contributed by atoms with van der Waals surface area (Å²) in [4.78, 5) is 4.75. The van der Waals surface area contributed by atoms with E-state index in [4.69, 9.17) is 22.7 Å². The van der Waals surface area contributed by atoms with Crippen molar-refractivity contribution in [1.82, 2.24) is 4.98 Å². The van der Waals surface area contributed by atoms with Crippen molar-refractivity contribution in [3.8, 4) is 5.75 Å². The predicted octanol–water partition coefficient (Wildman–Crippen LogP) is 2.90. The molecule has 1 saturated carbocycles. The molecular weight excluding hydrogens is 244 g/mol. The van der Waals surface area contributed by atoms with Gasteiger partial charge in [0, 0.05) is 11.8 Å². The van der Waals surface area contributed by atoms with E-state index in [2.05, 4.69) is 4.98 Å². The first-order valence-electron chi connectivity index (χ1n) is 6.48. The Kier molecular flexibility index (Phi) is 4.17. The molecule has 0 atom stereocenters. The number of nitrogens with zero attached hydrogens (tertiary/aromatic N) is 1. The molecule has 3 nitrogen and oxygen atoms in total. The Morgan fingerprint density at radius 2 is 2.11 bits per heavy atom. The molecule has 0 amide bonds. The van der Waals surface area contributed by atoms with Crippen LogP contribution >= 0.6 is 12.2 Å². The van der Waals surface area contributed by atoms with E-state index in [1.807, 2.05) is 19.9 Å². The summed E-state index contributed by atoms with van der Waals surface area (Å²) >= 11 is 5.09. The Labute approximate surface area is 114 Å². The number of rotatable bonds is 4. The topological polar surface area (TPSA) is 48.1 Å². The molecule has 98 valence electrons. The lowest BCUT2D eigenvalue weighted by Gasteiger charge is -2.16. The molecule has 1 fully saturated rings. The summed E-state index contributed by atoms with van der Waals surface area (Å²) in [7, 11) is 0. The second-order valence-electron chi connectivity index (χ2n) is 5.05. The van der Waals surface area contributed by atoms with Gasteiger partial charge in [-0.25, -0.2) is 0 Å². The van der Waals surface area contributed by atoms with Crippen molar-refractivity contribution in [2.75, 3.05) is 6.61 Å². The van der Waals surface area contributed by atoms with Crippen LogP contribution < -0.4 is 10.5 Å². The number of aryl methyl sites for hydroxylation is 2. The van der Waals surface area contributed by atoms with Crippen molar-refractivity contribution in [1.29, 1.82) is 0 Å². The molecule has 0 saturated heterocycles. The van der Waals surface area contributed by atoms with Crippen LogP contribution in [0.2, 0.25) is 0 Å². The van der Waals surface area contributed by atoms with Gasteiger partial charge < -0.3 is 10.5 Å². The highest BCUT2D eigenvalue weighted by atomic mass is 32.1. The second kappa shape index (κ2) is 5.65. The molecule has 18 heavy (non-hydrogen) atoms. The third kappa shape index (κ3) is 2.99. The van der Waals surface area contributed by atoms with E-state index in [0.717, 1.165) is 29.3 Å². The molecule has 1 aromatic heterocycles. The first kappa shape index (κ1) is 13.3. The highest BCUT2D eigenvalue weighted by Gasteiger charge is 2.18. The molecule has 0 spiro atoms. The van der Waals surface area contributed by atoms with Crippen molar-refractivity contribution in [3.05, 3.63) is 23.0 Å². The number of hydrogen-bond donors (Lipinski definition) is 1. The molecule has 4 heteroatoms. The van der Waals surface area contributed by atoms with Gasteiger partial charge in [0.25, 0.3) is 0 Å². The smallest absolute Gasteiger partial charge is 0.133 e. The van der Waals surface area contributed by atoms with Crippen molar-refractivity contribution < 1.29 is 4.74 Å². The Morgan fingerprint density at radius 3 is 2.72 bits per heavy atom. The van der Waals surface area contributed by atoms with Gasteiger partial charge in [0.1, 0.15) is 10.7 Å². The van der Waals surface area contributed by atoms with Gasteiger partial charge in [-0.15, -0.1) is 0 Å². The fourth-order valence-corrected chi connectivity index (χ4v) is 2.84. The number of pyridine rings is 1. The molecule has 1 aromatic rings. The summed E-state index contributed by atoms with van der Waals surface area (Å²) in [6.07, 6.45) is 5.19. The SMILES string of the molecule is Cc1cc(OCC2CCCC2)c(C(N)=S)c(C)n1. The summed E-state index contributed by atoms with van der Waals surface area (Å²) in [5, 5.41) is 0. The Morgan fingerprint density at radius 1 is 1.44 bits per heavy atom. The van der Waals surface area contributed by atoms with Crippen molar-refractivity contribution in [2.24, 2.45) is 11.7 Å². The summed E-state index contributed by atoms with van der Waals surface area (Å²) in [6.45, 7) is 4.64. The van der Waals surface area contributed by atoms with Crippen molar-refractivity contribution >= 4 is 17.2 Å². The van der Waals surface area contributed by atoms with Gasteiger partial charge in [0.05, 0.1) is 17.9 Å². The largest absolute Gasteiger partial charge is 0.492 e. The molecule has 1 heterocycles. The van der Waals surface area contributed by atoms with E-state index in [-0.39, 0.29) is 0 Å². The lowest BCUT2D eigenvalue weighted by atomic mass is 10.1. The van der Waals surface area contributed by atoms with Crippen LogP contribution in [0.5, 0.6) is 5.75 Å². The van der Waals surface area contributed by atoms with E-state index < -0.39 is 0 Å². The van der Waals surface area contributed by atoms with Gasteiger partial charge in [-0.3, -0.25) is 4.98 Å². The van der Waals surface area contributed by atoms with Crippen LogP contribution in [0.25, 0.3) is 0 Å². The zero-order valence-corrected chi connectivity index (χ0v) is 11.8. The quantitative estimate of drug-likeness (QED) is 0.849. The average molecular weight is 264 g/mol. The normalized spacial score (nSPS) is 15.9. The number of hydrogen-bond acceptors (Lipinski definition) is 3. The maximum atomic E-state index is 5.94. The molecule has 0 aliphatic heterocycles. The zero-order valence-electron chi connectivity index (χ0n) is 11.0. The predicted molar refractivity (Wildman–Crippen MR) is 77.1 cm³/mol. The van der Waals surface area contributed by atoms with Crippen molar-refractivity contribution in [2.45, 2.75) is 39.5 Å². The number of thiocarbonyl (C=S) groups is 1. The first-order valence-corrected chi connectivity index (χ1v) is 6.89. The lowest BCUT2D eigenvalue weighted by Crippen LogP contribution is -2.17. The van der Waals surface area contributed by atoms with Gasteiger partial charge in [-0.05, 0) is 32.6 Å². The summed E-state index contributed by atoms with van der Waals surface area (Å²) in [5.74, 6) is 1.47. The third-order valence-electron chi connectivity index (χ3n) is 3.49. The van der Waals surface area contributed by atoms with Gasteiger partial charge in [-0.1, -0.05) is 25.1 Å². The number of aromatic nitrogens is 1. The van der Waals surface area contributed by atoms with Crippen molar-refractivity contribution in [3.63, 3.8) is 0 Å². The van der Waals surface area contributed by atoms with E-state index in [0.29, 0.717) is 10.9 Å². The highest BCUT2D eigenvalue weighted by molar-refractivity contribution is 7.80. The molecule has 0 radical (unpaired) electrons. The molecule has 1 aliphatic rings. The minimum atomic E-state index is 0.362. The van der Waals surface area contributed by atoms with E-state index in [1.54, 1.807) is 0 Å². The molecular formula is C14H20N2OS. The van der Waals surface area contributed by atoms with Gasteiger partial charge >= 0.3 is 0 Å². The molecule has 0 unspecified atom stereocenters.